The number of nitrogens with two attached hydrogens (primary N) is 1. The van der Waals surface area contributed by atoms with E-state index in [1.54, 1.807) is 18.9 Å². The molecule has 14 nitrogen and oxygen atoms in total. The van der Waals surface area contributed by atoms with Gasteiger partial charge in [0.15, 0.2) is 0 Å². The molecule has 2 aromatic heterocycles. The van der Waals surface area contributed by atoms with Crippen LogP contribution in [0.4, 0.5) is 5.69 Å². The van der Waals surface area contributed by atoms with E-state index < -0.39 is 22.9 Å². The number of rotatable bonds is 9. The zero-order valence-electron chi connectivity index (χ0n) is 37.8. The molecule has 1 unspecified atom stereocenters. The second-order valence-electron chi connectivity index (χ2n) is 19.2. The zero-order valence-corrected chi connectivity index (χ0v) is 38.6. The van der Waals surface area contributed by atoms with Gasteiger partial charge in [-0.25, -0.2) is 5.43 Å². The average molecular weight is 870 g/mol. The molecule has 4 aliphatic heterocycles. The number of fused-ring (bicyclic) bond motifs is 5. The monoisotopic (exact) mass is 869 g/mol. The third-order valence-corrected chi connectivity index (χ3v) is 15.4. The Morgan fingerprint density at radius 3 is 2.63 bits per heavy atom. The summed E-state index contributed by atoms with van der Waals surface area (Å²) in [5.41, 5.74) is 15.6. The summed E-state index contributed by atoms with van der Waals surface area (Å²) in [6.45, 7) is 16.2. The lowest BCUT2D eigenvalue weighted by atomic mass is 9.59. The number of esters is 1. The highest BCUT2D eigenvalue weighted by atomic mass is 32.2. The SMILES string of the molecule is CCn1c(-c2cc(N3CCN(C)CC3)cnc2[C@H](C)OC)c2c3cc(ccc31)C1CSC(=N1)C[C@H](NC(=O)[C@@]1(C)CC[C@@H]1CCN)C(=O)N1CCC[C@H](N1)C(=O)OCC(C)(C)C2. The third kappa shape index (κ3) is 8.76. The number of likely N-dealkylation sites (N-methyl/N-ethyl adjacent to an activating group) is 1. The Hall–Kier alpha value is -4.02. The van der Waals surface area contributed by atoms with Gasteiger partial charge in [0.1, 0.15) is 12.1 Å². The van der Waals surface area contributed by atoms with Gasteiger partial charge in [-0.15, -0.1) is 11.8 Å². The Bertz CT molecular complexity index is 2200. The minimum absolute atomic E-state index is 0.123. The van der Waals surface area contributed by atoms with Gasteiger partial charge in [-0.05, 0) is 101 Å². The number of nitrogens with zero attached hydrogens (tertiary/aromatic N) is 6. The van der Waals surface area contributed by atoms with Crippen molar-refractivity contribution < 1.29 is 23.9 Å². The van der Waals surface area contributed by atoms with E-state index in [2.05, 4.69) is 84.1 Å². The van der Waals surface area contributed by atoms with Crippen LogP contribution in [-0.2, 0) is 36.8 Å². The molecule has 0 radical (unpaired) electrons. The minimum atomic E-state index is -0.849. The van der Waals surface area contributed by atoms with Crippen molar-refractivity contribution in [2.45, 2.75) is 110 Å². The summed E-state index contributed by atoms with van der Waals surface area (Å²) in [5.74, 6) is 0.124. The average Bonchev–Trinajstić information content (AvgIpc) is 3.87. The first-order valence-electron chi connectivity index (χ1n) is 22.8. The highest BCUT2D eigenvalue weighted by Gasteiger charge is 2.49. The molecule has 2 amide bonds. The van der Waals surface area contributed by atoms with Crippen LogP contribution in [0.2, 0.25) is 0 Å². The van der Waals surface area contributed by atoms with E-state index in [-0.39, 0.29) is 48.9 Å². The van der Waals surface area contributed by atoms with Gasteiger partial charge in [-0.3, -0.25) is 29.4 Å². The molecule has 0 spiro atoms. The number of carbonyl (C=O) groups excluding carboxylic acids is 3. The summed E-state index contributed by atoms with van der Waals surface area (Å²) in [6.07, 6.45) is 6.28. The number of thioether (sulfide) groups is 1. The van der Waals surface area contributed by atoms with Crippen LogP contribution in [-0.4, -0.2) is 120 Å². The van der Waals surface area contributed by atoms with Crippen molar-refractivity contribution in [3.63, 3.8) is 0 Å². The number of piperazine rings is 1. The van der Waals surface area contributed by atoms with Crippen LogP contribution >= 0.6 is 11.8 Å². The number of cyclic esters (lactones) is 1. The molecule has 2 saturated heterocycles. The lowest BCUT2D eigenvalue weighted by Gasteiger charge is -2.46. The van der Waals surface area contributed by atoms with Crippen LogP contribution in [0.25, 0.3) is 22.2 Å². The molecule has 1 aliphatic carbocycles. The first kappa shape index (κ1) is 44.6. The predicted molar refractivity (Wildman–Crippen MR) is 246 cm³/mol. The minimum Gasteiger partial charge on any atom is -0.464 e. The number of hydrogen-bond donors (Lipinski definition) is 3. The van der Waals surface area contributed by atoms with E-state index in [0.717, 1.165) is 102 Å². The molecule has 6 heterocycles. The number of carbonyl (C=O) groups is 3. The van der Waals surface area contributed by atoms with Crippen LogP contribution in [0, 0.1) is 16.7 Å². The fraction of sp³-hybridized carbons (Fsp3) is 0.638. The van der Waals surface area contributed by atoms with Crippen molar-refractivity contribution in [2.24, 2.45) is 27.5 Å². The number of aromatic nitrogens is 2. The largest absolute Gasteiger partial charge is 0.464 e. The Morgan fingerprint density at radius 1 is 1.13 bits per heavy atom. The summed E-state index contributed by atoms with van der Waals surface area (Å²) in [7, 11) is 3.90. The molecular formula is C47H67N9O5S. The second kappa shape index (κ2) is 18.2. The van der Waals surface area contributed by atoms with E-state index >= 15 is 0 Å². The number of amides is 2. The Balaban J connectivity index is 1.23. The molecule has 8 rings (SSSR count). The molecule has 1 saturated carbocycles. The summed E-state index contributed by atoms with van der Waals surface area (Å²) in [5, 5.41) is 6.67. The molecule has 6 bridgehead atoms. The number of hydrazine groups is 1. The molecule has 1 aromatic carbocycles. The maximum Gasteiger partial charge on any atom is 0.324 e. The van der Waals surface area contributed by atoms with E-state index in [9.17, 15) is 14.4 Å². The molecule has 3 aromatic rings. The van der Waals surface area contributed by atoms with Crippen molar-refractivity contribution in [1.29, 1.82) is 0 Å². The predicted octanol–water partition coefficient (Wildman–Crippen LogP) is 5.63. The van der Waals surface area contributed by atoms with Crippen LogP contribution in [0.15, 0.2) is 35.5 Å². The maximum atomic E-state index is 14.4. The highest BCUT2D eigenvalue weighted by molar-refractivity contribution is 8.14. The van der Waals surface area contributed by atoms with Gasteiger partial charge in [-0.2, -0.15) is 0 Å². The summed E-state index contributed by atoms with van der Waals surface area (Å²) >= 11 is 1.65. The Morgan fingerprint density at radius 2 is 1.92 bits per heavy atom. The van der Waals surface area contributed by atoms with Gasteiger partial charge in [0.05, 0.1) is 47.1 Å². The topological polar surface area (TPSA) is 160 Å². The van der Waals surface area contributed by atoms with E-state index in [0.29, 0.717) is 32.4 Å². The van der Waals surface area contributed by atoms with Crippen LogP contribution < -0.4 is 21.4 Å². The normalized spacial score (nSPS) is 27.6. The standard InChI is InChI=1S/C47H67N9O5S/c1-8-55-39-12-11-30-22-33(39)35(42(55)34-23-32(26-49-41(34)29(2)60-7)54-20-18-53(6)19-21-54)25-46(3,4)28-61-44(58)36-10-9-17-56(52-36)43(57)37(24-40-50-38(30)27-62-40)51-45(59)47(5)15-13-31(47)14-16-48/h11-12,22-23,26,29,31,36-38,52H,8-10,13-21,24-25,27-28,48H2,1-7H3,(H,51,59)/t29-,31+,36-,37-,38?,47-/m0/s1. The van der Waals surface area contributed by atoms with Gasteiger partial charge in [0, 0.05) is 85.8 Å². The van der Waals surface area contributed by atoms with Gasteiger partial charge in [0.25, 0.3) is 5.91 Å². The first-order valence-corrected chi connectivity index (χ1v) is 23.8. The molecule has 62 heavy (non-hydrogen) atoms. The molecular weight excluding hydrogens is 803 g/mol. The smallest absolute Gasteiger partial charge is 0.324 e. The number of aliphatic imine (C=N–C) groups is 1. The Kier molecular flexibility index (Phi) is 13.1. The first-order chi connectivity index (χ1) is 29.7. The fourth-order valence-corrected chi connectivity index (χ4v) is 11.2. The zero-order chi connectivity index (χ0) is 43.9. The lowest BCUT2D eigenvalue weighted by molar-refractivity contribution is -0.156. The molecule has 15 heteroatoms. The van der Waals surface area contributed by atoms with Crippen molar-refractivity contribution >= 4 is 51.2 Å². The maximum absolute atomic E-state index is 14.4. The number of nitrogens with one attached hydrogen (secondary N) is 2. The van der Waals surface area contributed by atoms with Crippen LogP contribution in [0.1, 0.15) is 102 Å². The number of hydrogen-bond acceptors (Lipinski definition) is 12. The van der Waals surface area contributed by atoms with Crippen molar-refractivity contribution in [3.05, 3.63) is 47.3 Å². The van der Waals surface area contributed by atoms with Crippen molar-refractivity contribution in [2.75, 3.05) is 70.7 Å². The van der Waals surface area contributed by atoms with E-state index in [4.69, 9.17) is 25.2 Å². The molecule has 3 fully saturated rings. The van der Waals surface area contributed by atoms with Gasteiger partial charge in [0.2, 0.25) is 5.91 Å². The molecule has 6 atom stereocenters. The van der Waals surface area contributed by atoms with Crippen molar-refractivity contribution in [1.82, 2.24) is 30.2 Å². The molecule has 4 N–H and O–H groups in total. The van der Waals surface area contributed by atoms with E-state index in [1.165, 1.54) is 10.6 Å². The summed E-state index contributed by atoms with van der Waals surface area (Å²) in [4.78, 5) is 57.6. The number of pyridine rings is 1. The summed E-state index contributed by atoms with van der Waals surface area (Å²) < 4.78 is 14.6. The second-order valence-corrected chi connectivity index (χ2v) is 20.3. The fourth-order valence-electron chi connectivity index (χ4n) is 10.1. The number of methoxy groups -OCH3 is 1. The number of ether oxygens (including phenoxy) is 2. The molecule has 336 valence electrons. The number of anilines is 1. The highest BCUT2D eigenvalue weighted by Crippen LogP contribution is 2.49. The van der Waals surface area contributed by atoms with Gasteiger partial charge >= 0.3 is 5.97 Å². The number of benzene rings is 1. The van der Waals surface area contributed by atoms with E-state index in [1.807, 2.05) is 13.1 Å². The quantitative estimate of drug-likeness (QED) is 0.229. The van der Waals surface area contributed by atoms with Gasteiger partial charge in [-0.1, -0.05) is 26.8 Å². The molecule has 5 aliphatic rings. The van der Waals surface area contributed by atoms with Gasteiger partial charge < -0.3 is 34.9 Å². The number of aryl methyl sites for hydroxylation is 1. The third-order valence-electron chi connectivity index (χ3n) is 14.3. The van der Waals surface area contributed by atoms with Crippen molar-refractivity contribution in [3.8, 4) is 11.3 Å². The van der Waals surface area contributed by atoms with Crippen LogP contribution in [0.5, 0.6) is 0 Å². The Labute approximate surface area is 371 Å². The summed E-state index contributed by atoms with van der Waals surface area (Å²) in [6, 6.07) is 7.37. The van der Waals surface area contributed by atoms with Crippen LogP contribution in [0.3, 0.4) is 0 Å². The lowest BCUT2D eigenvalue weighted by Crippen LogP contribution is -2.62.